The summed E-state index contributed by atoms with van der Waals surface area (Å²) in [6, 6.07) is 5.45. The van der Waals surface area contributed by atoms with Gasteiger partial charge in [-0.25, -0.2) is 0 Å². The van der Waals surface area contributed by atoms with E-state index in [1.165, 1.54) is 0 Å². The number of carbonyl (C=O) groups excluding carboxylic acids is 3. The summed E-state index contributed by atoms with van der Waals surface area (Å²) in [5, 5.41) is 18.9. The Balaban J connectivity index is -0.000000102. The molecule has 4 N–H and O–H groups in total. The van der Waals surface area contributed by atoms with E-state index in [1.54, 1.807) is 31.2 Å². The molecule has 47 heavy (non-hydrogen) atoms. The van der Waals surface area contributed by atoms with Gasteiger partial charge in [0.05, 0.1) is 18.1 Å². The number of phenolic OH excluding ortho intramolecular Hbond substituents is 1. The highest BCUT2D eigenvalue weighted by atomic mass is 32.1. The zero-order valence-electron chi connectivity index (χ0n) is 21.1. The van der Waals surface area contributed by atoms with Gasteiger partial charge < -0.3 is 21.1 Å². The van der Waals surface area contributed by atoms with Crippen LogP contribution in [0.25, 0.3) is 0 Å². The smallest absolute Gasteiger partial charge is 0.238 e. The molecular weight excluding hydrogens is 627 g/mol. The monoisotopic (exact) mass is 718 g/mol. The Morgan fingerprint density at radius 1 is 0.660 bits per heavy atom. The predicted octanol–water partition coefficient (Wildman–Crippen LogP) is 10.7. The van der Waals surface area contributed by atoms with E-state index in [0.717, 1.165) is 50.6 Å². The minimum Gasteiger partial charge on any atom is -0.508 e. The molecule has 1 aromatic rings. The van der Waals surface area contributed by atoms with E-state index in [0.29, 0.717) is 30.9 Å². The van der Waals surface area contributed by atoms with Crippen molar-refractivity contribution in [3.63, 3.8) is 0 Å². The number of hydrogen-bond acceptors (Lipinski definition) is 8. The summed E-state index contributed by atoms with van der Waals surface area (Å²) in [5.41, 5.74) is 0.878. The first-order chi connectivity index (χ1) is 16.8. The second-order valence-electron chi connectivity index (χ2n) is 8.91. The summed E-state index contributed by atoms with van der Waals surface area (Å²) in [6.45, 7) is 5.08. The Morgan fingerprint density at radius 2 is 1.11 bits per heavy atom. The molecule has 0 radical (unpaired) electrons. The number of unbranched alkanes of at least 4 members (excludes halogenated alkanes) is 4. The molecule has 0 aliphatic carbocycles. The molecule has 0 aliphatic rings. The van der Waals surface area contributed by atoms with Gasteiger partial charge in [0.25, 0.3) is 0 Å². The van der Waals surface area contributed by atoms with Gasteiger partial charge in [-0.05, 0) is 63.4 Å². The van der Waals surface area contributed by atoms with Crippen molar-refractivity contribution in [1.82, 2.24) is 16.0 Å². The summed E-state index contributed by atoms with van der Waals surface area (Å²) in [7, 11) is 0. The van der Waals surface area contributed by atoms with Gasteiger partial charge in [0.2, 0.25) is 5.91 Å². The van der Waals surface area contributed by atoms with E-state index >= 15 is 0 Å². The van der Waals surface area contributed by atoms with E-state index in [1.807, 2.05) is 6.92 Å². The fourth-order valence-corrected chi connectivity index (χ4v) is 4.37. The molecule has 7 nitrogen and oxygen atoms in total. The zero-order valence-corrected chi connectivity index (χ0v) is 22.9. The second-order valence-corrected chi connectivity index (χ2v) is 9.64. The lowest BCUT2D eigenvalue weighted by atomic mass is 9.97. The van der Waals surface area contributed by atoms with Gasteiger partial charge in [0.15, 0.2) is 5.78 Å². The summed E-state index contributed by atoms with van der Waals surface area (Å²) in [5.74, 6) is 0.916. The van der Waals surface area contributed by atoms with E-state index < -0.39 is 12.1 Å². The lowest BCUT2D eigenvalue weighted by Gasteiger charge is -2.22. The number of rotatable bonds is 20. The highest BCUT2D eigenvalue weighted by molar-refractivity contribution is 7.80. The van der Waals surface area contributed by atoms with Crippen molar-refractivity contribution in [2.45, 2.75) is 172 Å². The predicted molar refractivity (Wildman–Crippen MR) is 229 cm³/mol. The van der Waals surface area contributed by atoms with Crippen molar-refractivity contribution in [3.05, 3.63) is 29.8 Å². The van der Waals surface area contributed by atoms with Crippen molar-refractivity contribution in [3.8, 4) is 5.75 Å². The van der Waals surface area contributed by atoms with Gasteiger partial charge in [-0.1, -0.05) is 127 Å². The third-order valence-electron chi connectivity index (χ3n) is 5.89. The number of Topliss-reactive ketones (excluding diaryl/α,β-unsaturated/α-hetero) is 2. The maximum absolute atomic E-state index is 13.0. The van der Waals surface area contributed by atoms with Crippen molar-refractivity contribution in [2.24, 2.45) is 0 Å². The fourth-order valence-electron chi connectivity index (χ4n) is 3.69. The van der Waals surface area contributed by atoms with E-state index in [-0.39, 0.29) is 118 Å². The molecule has 0 saturated carbocycles. The Morgan fingerprint density at radius 3 is 1.55 bits per heavy atom. The first kappa shape index (κ1) is 80.3. The minimum absolute atomic E-state index is 0. The van der Waals surface area contributed by atoms with Crippen molar-refractivity contribution in [1.29, 1.82) is 0 Å². The van der Waals surface area contributed by atoms with Crippen LogP contribution in [0.4, 0.5) is 0 Å². The highest BCUT2D eigenvalue weighted by Gasteiger charge is 2.24. The largest absolute Gasteiger partial charge is 0.508 e. The number of hydrogen-bond donors (Lipinski definition) is 6. The molecule has 2 unspecified atom stereocenters. The van der Waals surface area contributed by atoms with Crippen LogP contribution in [0.3, 0.4) is 0 Å². The Kier molecular flexibility index (Phi) is 83.4. The molecule has 9 heteroatoms. The average Bonchev–Trinajstić information content (AvgIpc) is 2.84. The Labute approximate surface area is 309 Å². The van der Waals surface area contributed by atoms with Crippen LogP contribution in [-0.4, -0.2) is 65.3 Å². The van der Waals surface area contributed by atoms with Crippen LogP contribution in [0.5, 0.6) is 5.75 Å². The molecule has 3 atom stereocenters. The lowest BCUT2D eigenvalue weighted by Crippen LogP contribution is -2.51. The normalized spacial score (nSPS) is 10.2. The molecule has 0 aliphatic heterocycles. The number of aromatic hydroxyl groups is 1. The highest BCUT2D eigenvalue weighted by Crippen LogP contribution is 2.14. The SMILES string of the molecule is C.C.C.C.C.C.C.C.C.C.C.C.CCCNC(CS)C(=O)N[C@@H](Cc1ccc(O)cc1)C(=O)CCCCCCCNC(CS)C(C)=O. The van der Waals surface area contributed by atoms with Gasteiger partial charge in [0.1, 0.15) is 11.5 Å². The van der Waals surface area contributed by atoms with Crippen LogP contribution in [0, 0.1) is 0 Å². The molecule has 0 aromatic heterocycles. The summed E-state index contributed by atoms with van der Waals surface area (Å²) in [4.78, 5) is 37.2. The Hall–Kier alpha value is -1.55. The van der Waals surface area contributed by atoms with E-state index in [2.05, 4.69) is 41.2 Å². The lowest BCUT2D eigenvalue weighted by molar-refractivity contribution is -0.128. The van der Waals surface area contributed by atoms with Crippen molar-refractivity contribution < 1.29 is 19.5 Å². The fraction of sp³-hybridized carbons (Fsp3) is 0.763. The van der Waals surface area contributed by atoms with Crippen molar-refractivity contribution in [2.75, 3.05) is 24.6 Å². The molecular formula is C38H91N3O4S2. The minimum atomic E-state index is -0.619. The number of nitrogens with one attached hydrogen (secondary N) is 3. The molecule has 0 bridgehead atoms. The number of benzene rings is 1. The first-order valence-electron chi connectivity index (χ1n) is 12.6. The maximum atomic E-state index is 13.0. The van der Waals surface area contributed by atoms with Crippen LogP contribution in [-0.2, 0) is 20.8 Å². The molecule has 0 spiro atoms. The summed E-state index contributed by atoms with van der Waals surface area (Å²) < 4.78 is 0. The molecule has 0 saturated heterocycles. The number of amides is 1. The molecule has 294 valence electrons. The van der Waals surface area contributed by atoms with Gasteiger partial charge in [0, 0.05) is 17.9 Å². The quantitative estimate of drug-likeness (QED) is 0.0592. The van der Waals surface area contributed by atoms with Crippen LogP contribution in [0.1, 0.15) is 153 Å². The molecule has 1 rings (SSSR count). The van der Waals surface area contributed by atoms with E-state index in [9.17, 15) is 19.5 Å². The second kappa shape index (κ2) is 48.8. The third-order valence-corrected chi connectivity index (χ3v) is 6.62. The summed E-state index contributed by atoms with van der Waals surface area (Å²) in [6.07, 6.45) is 6.40. The molecule has 1 amide bonds. The molecule has 1 aromatic carbocycles. The molecule has 0 heterocycles. The Bertz CT molecular complexity index is 766. The third kappa shape index (κ3) is 35.6. The topological polar surface area (TPSA) is 108 Å². The van der Waals surface area contributed by atoms with Gasteiger partial charge >= 0.3 is 0 Å². The molecule has 0 fully saturated rings. The number of ketones is 2. The number of carbonyl (C=O) groups is 3. The van der Waals surface area contributed by atoms with Crippen LogP contribution >= 0.6 is 25.3 Å². The van der Waals surface area contributed by atoms with Crippen LogP contribution in [0.15, 0.2) is 24.3 Å². The van der Waals surface area contributed by atoms with Gasteiger partial charge in [-0.3, -0.25) is 14.4 Å². The number of phenols is 1. The van der Waals surface area contributed by atoms with Crippen LogP contribution in [0.2, 0.25) is 0 Å². The average molecular weight is 718 g/mol. The zero-order chi connectivity index (χ0) is 26.1. The van der Waals surface area contributed by atoms with Gasteiger partial charge in [-0.15, -0.1) is 0 Å². The standard InChI is InChI=1S/C26H43N3O4S2.12CH4/c1-3-14-27-24(18-35)26(33)29-22(16-20-10-12-21(31)13-11-20)25(32)9-7-5-4-6-8-15-28-23(17-34)19(2)30;;;;;;;;;;;;/h10-13,22-24,27-28,31,34-35H,3-9,14-18H2,1-2H3,(H,29,33);12*1H4/t22-,23?,24?;;;;;;;;;;;;/m0............/s1. The number of thiol groups is 2. The first-order valence-corrected chi connectivity index (χ1v) is 13.9. The summed E-state index contributed by atoms with van der Waals surface area (Å²) >= 11 is 8.47. The van der Waals surface area contributed by atoms with Crippen molar-refractivity contribution >= 4 is 42.7 Å². The maximum Gasteiger partial charge on any atom is 0.238 e. The van der Waals surface area contributed by atoms with Crippen LogP contribution < -0.4 is 16.0 Å². The van der Waals surface area contributed by atoms with E-state index in [4.69, 9.17) is 0 Å². The van der Waals surface area contributed by atoms with Gasteiger partial charge in [-0.2, -0.15) is 25.3 Å².